The Kier molecular flexibility index (Phi) is 4.66. The van der Waals surface area contributed by atoms with E-state index in [2.05, 4.69) is 0 Å². The number of sulfone groups is 1. The molecule has 0 spiro atoms. The fourth-order valence-electron chi connectivity index (χ4n) is 2.08. The molecule has 112 valence electrons. The maximum absolute atomic E-state index is 11.6. The van der Waals surface area contributed by atoms with Crippen molar-refractivity contribution >= 4 is 33.0 Å². The lowest BCUT2D eigenvalue weighted by Crippen LogP contribution is -2.01. The molecule has 0 heterocycles. The summed E-state index contributed by atoms with van der Waals surface area (Å²) >= 11 is 12.8. The smallest absolute Gasteiger partial charge is 0.175 e. The fourth-order valence-corrected chi connectivity index (χ4v) is 3.46. The van der Waals surface area contributed by atoms with Crippen molar-refractivity contribution < 1.29 is 8.42 Å². The average molecular weight is 343 g/mol. The van der Waals surface area contributed by atoms with Gasteiger partial charge in [0.15, 0.2) is 9.84 Å². The molecule has 2 aromatic carbocycles. The monoisotopic (exact) mass is 342 g/mol. The van der Waals surface area contributed by atoms with E-state index in [0.29, 0.717) is 10.6 Å². The fraction of sp³-hybridized carbons (Fsp3) is 0.250. The standard InChI is InChI=1S/C16H16Cl2O2S/c1-10-7-14(15(17)8-11(10)2)16(18)12-5-4-6-13(9-12)21(3,19)20/h4-9,16H,1-3H3. The zero-order valence-electron chi connectivity index (χ0n) is 12.0. The number of halogens is 2. The van der Waals surface area contributed by atoms with Gasteiger partial charge in [-0.05, 0) is 54.3 Å². The summed E-state index contributed by atoms with van der Waals surface area (Å²) in [7, 11) is -3.26. The molecule has 0 fully saturated rings. The van der Waals surface area contributed by atoms with E-state index in [9.17, 15) is 8.42 Å². The predicted octanol–water partition coefficient (Wildman–Crippen LogP) is 4.69. The van der Waals surface area contributed by atoms with Crippen LogP contribution in [0.15, 0.2) is 41.3 Å². The van der Waals surface area contributed by atoms with Crippen LogP contribution in [0.1, 0.15) is 27.6 Å². The maximum atomic E-state index is 11.6. The van der Waals surface area contributed by atoms with Crippen LogP contribution in [0.25, 0.3) is 0 Å². The lowest BCUT2D eigenvalue weighted by Gasteiger charge is -2.15. The van der Waals surface area contributed by atoms with Gasteiger partial charge in [-0.3, -0.25) is 0 Å². The van der Waals surface area contributed by atoms with Crippen molar-refractivity contribution in [3.05, 3.63) is 63.7 Å². The molecule has 0 N–H and O–H groups in total. The van der Waals surface area contributed by atoms with Crippen molar-refractivity contribution in [2.45, 2.75) is 24.1 Å². The Morgan fingerprint density at radius 1 is 1.05 bits per heavy atom. The molecule has 0 bridgehead atoms. The van der Waals surface area contributed by atoms with Crippen LogP contribution in [0.5, 0.6) is 0 Å². The summed E-state index contributed by atoms with van der Waals surface area (Å²) in [4.78, 5) is 0.255. The molecule has 0 saturated heterocycles. The van der Waals surface area contributed by atoms with Crippen molar-refractivity contribution in [3.63, 3.8) is 0 Å². The van der Waals surface area contributed by atoms with Crippen LogP contribution in [-0.2, 0) is 9.84 Å². The second kappa shape index (κ2) is 5.99. The zero-order chi connectivity index (χ0) is 15.8. The number of hydrogen-bond acceptors (Lipinski definition) is 2. The number of benzene rings is 2. The first-order valence-electron chi connectivity index (χ1n) is 6.41. The Balaban J connectivity index is 2.50. The molecule has 2 aromatic rings. The van der Waals surface area contributed by atoms with Crippen molar-refractivity contribution in [2.24, 2.45) is 0 Å². The van der Waals surface area contributed by atoms with E-state index < -0.39 is 15.2 Å². The Morgan fingerprint density at radius 2 is 1.67 bits per heavy atom. The third-order valence-electron chi connectivity index (χ3n) is 3.46. The third-order valence-corrected chi connectivity index (χ3v) is 5.39. The summed E-state index contributed by atoms with van der Waals surface area (Å²) in [6, 6.07) is 10.5. The number of aryl methyl sites for hydroxylation is 2. The van der Waals surface area contributed by atoms with Gasteiger partial charge in [0.25, 0.3) is 0 Å². The van der Waals surface area contributed by atoms with Gasteiger partial charge < -0.3 is 0 Å². The molecule has 2 nitrogen and oxygen atoms in total. The zero-order valence-corrected chi connectivity index (χ0v) is 14.4. The largest absolute Gasteiger partial charge is 0.224 e. The van der Waals surface area contributed by atoms with Crippen LogP contribution in [0.2, 0.25) is 5.02 Å². The highest BCUT2D eigenvalue weighted by Crippen LogP contribution is 2.35. The van der Waals surface area contributed by atoms with Crippen molar-refractivity contribution in [2.75, 3.05) is 6.26 Å². The third kappa shape index (κ3) is 3.60. The van der Waals surface area contributed by atoms with Crippen molar-refractivity contribution in [3.8, 4) is 0 Å². The summed E-state index contributed by atoms with van der Waals surface area (Å²) in [5, 5.41) is 0.0985. The van der Waals surface area contributed by atoms with E-state index in [0.717, 1.165) is 16.7 Å². The second-order valence-electron chi connectivity index (χ2n) is 5.17. The summed E-state index contributed by atoms with van der Waals surface area (Å²) in [5.74, 6) is 0. The number of hydrogen-bond donors (Lipinski definition) is 0. The van der Waals surface area contributed by atoms with Crippen LogP contribution in [0, 0.1) is 13.8 Å². The molecule has 0 aromatic heterocycles. The molecule has 0 amide bonds. The first-order valence-corrected chi connectivity index (χ1v) is 9.11. The Morgan fingerprint density at radius 3 is 2.29 bits per heavy atom. The first kappa shape index (κ1) is 16.3. The van der Waals surface area contributed by atoms with Gasteiger partial charge >= 0.3 is 0 Å². The minimum atomic E-state index is -3.26. The highest BCUT2D eigenvalue weighted by molar-refractivity contribution is 7.90. The number of alkyl halides is 1. The molecule has 5 heteroatoms. The number of rotatable bonds is 3. The highest BCUT2D eigenvalue weighted by atomic mass is 35.5. The van der Waals surface area contributed by atoms with Crippen molar-refractivity contribution in [1.82, 2.24) is 0 Å². The molecule has 2 rings (SSSR count). The molecule has 0 aliphatic carbocycles. The molecule has 0 aliphatic heterocycles. The van der Waals surface area contributed by atoms with Gasteiger partial charge in [-0.25, -0.2) is 8.42 Å². The van der Waals surface area contributed by atoms with E-state index in [1.54, 1.807) is 24.3 Å². The lowest BCUT2D eigenvalue weighted by molar-refractivity contribution is 0.601. The van der Waals surface area contributed by atoms with Gasteiger partial charge in [0.2, 0.25) is 0 Å². The molecule has 0 saturated carbocycles. The summed E-state index contributed by atoms with van der Waals surface area (Å²) in [5.41, 5.74) is 3.69. The first-order chi connectivity index (χ1) is 9.70. The molecule has 1 atom stereocenters. The van der Waals surface area contributed by atoms with E-state index in [-0.39, 0.29) is 4.90 Å². The van der Waals surface area contributed by atoms with Crippen LogP contribution in [0.3, 0.4) is 0 Å². The van der Waals surface area contributed by atoms with Crippen molar-refractivity contribution in [1.29, 1.82) is 0 Å². The van der Waals surface area contributed by atoms with Gasteiger partial charge in [-0.1, -0.05) is 29.8 Å². The summed E-state index contributed by atoms with van der Waals surface area (Å²) in [6.07, 6.45) is 1.18. The molecule has 0 aliphatic rings. The molecule has 1 unspecified atom stereocenters. The normalized spacial score (nSPS) is 13.2. The van der Waals surface area contributed by atoms with Gasteiger partial charge in [-0.2, -0.15) is 0 Å². The van der Waals surface area contributed by atoms with Gasteiger partial charge in [0.1, 0.15) is 0 Å². The van der Waals surface area contributed by atoms with Gasteiger partial charge in [0, 0.05) is 11.3 Å². The Labute approximate surface area is 135 Å². The van der Waals surface area contributed by atoms with Crippen LogP contribution in [0.4, 0.5) is 0 Å². The average Bonchev–Trinajstić information content (AvgIpc) is 2.41. The molecule has 0 radical (unpaired) electrons. The molecular formula is C16H16Cl2O2S. The topological polar surface area (TPSA) is 34.1 Å². The summed E-state index contributed by atoms with van der Waals surface area (Å²) < 4.78 is 23.3. The lowest BCUT2D eigenvalue weighted by atomic mass is 10.00. The second-order valence-corrected chi connectivity index (χ2v) is 8.02. The molecular weight excluding hydrogens is 327 g/mol. The van der Waals surface area contributed by atoms with Crippen LogP contribution in [-0.4, -0.2) is 14.7 Å². The van der Waals surface area contributed by atoms with Gasteiger partial charge in [-0.15, -0.1) is 11.6 Å². The minimum Gasteiger partial charge on any atom is -0.224 e. The molecule has 21 heavy (non-hydrogen) atoms. The van der Waals surface area contributed by atoms with E-state index in [1.807, 2.05) is 26.0 Å². The van der Waals surface area contributed by atoms with Crippen LogP contribution >= 0.6 is 23.2 Å². The minimum absolute atomic E-state index is 0.255. The Hall–Kier alpha value is -1.03. The highest BCUT2D eigenvalue weighted by Gasteiger charge is 2.17. The van der Waals surface area contributed by atoms with Crippen LogP contribution < -0.4 is 0 Å². The quantitative estimate of drug-likeness (QED) is 0.758. The maximum Gasteiger partial charge on any atom is 0.175 e. The predicted molar refractivity (Wildman–Crippen MR) is 88.2 cm³/mol. The SMILES string of the molecule is Cc1cc(Cl)c(C(Cl)c2cccc(S(C)(=O)=O)c2)cc1C. The van der Waals surface area contributed by atoms with Gasteiger partial charge in [0.05, 0.1) is 10.3 Å². The van der Waals surface area contributed by atoms with E-state index in [1.165, 1.54) is 6.26 Å². The Bertz CT molecular complexity index is 783. The van der Waals surface area contributed by atoms with E-state index >= 15 is 0 Å². The van der Waals surface area contributed by atoms with E-state index in [4.69, 9.17) is 23.2 Å². The summed E-state index contributed by atoms with van der Waals surface area (Å²) in [6.45, 7) is 3.98.